The minimum Gasteiger partial charge on any atom is -0.387 e. The molecule has 1 atom stereocenters. The van der Waals surface area contributed by atoms with Gasteiger partial charge < -0.3 is 15.3 Å². The number of carbonyl (C=O) groups is 1. The highest BCUT2D eigenvalue weighted by atomic mass is 16.3. The largest absolute Gasteiger partial charge is 0.387 e. The molecule has 2 N–H and O–H groups in total. The predicted molar refractivity (Wildman–Crippen MR) is 84.7 cm³/mol. The van der Waals surface area contributed by atoms with Gasteiger partial charge in [-0.1, -0.05) is 6.07 Å². The van der Waals surface area contributed by atoms with Crippen molar-refractivity contribution in [3.8, 4) is 0 Å². The Kier molecular flexibility index (Phi) is 4.68. The van der Waals surface area contributed by atoms with Crippen LogP contribution in [0.4, 0.5) is 0 Å². The maximum atomic E-state index is 12.2. The molecule has 0 saturated heterocycles. The number of aliphatic hydroxyl groups excluding tert-OH is 1. The van der Waals surface area contributed by atoms with Crippen LogP contribution in [0.25, 0.3) is 0 Å². The van der Waals surface area contributed by atoms with E-state index in [4.69, 9.17) is 0 Å². The lowest BCUT2D eigenvalue weighted by Crippen LogP contribution is -2.29. The number of aromatic nitrogens is 3. The van der Waals surface area contributed by atoms with Crippen molar-refractivity contribution < 1.29 is 9.90 Å². The van der Waals surface area contributed by atoms with Gasteiger partial charge in [0, 0.05) is 44.1 Å². The lowest BCUT2D eigenvalue weighted by atomic mass is 10.1. The molecule has 2 aromatic rings. The van der Waals surface area contributed by atoms with Gasteiger partial charge in [0.05, 0.1) is 11.8 Å². The first-order valence-corrected chi connectivity index (χ1v) is 7.75. The minimum absolute atomic E-state index is 0.132. The monoisotopic (exact) mass is 315 g/mol. The Hall–Kier alpha value is -2.25. The number of carbonyl (C=O) groups excluding carboxylic acids is 1. The standard InChI is InChI=1S/C16H21N5O2/c1-20-6-3-7-21-13(11-20)8-14(19-21)16(23)18-10-15(22)12-4-2-5-17-9-12/h2,4-5,8-9,15,22H,3,6-7,10-11H2,1H3,(H,18,23)/t15-/m1/s1. The molecule has 0 aromatic carbocycles. The van der Waals surface area contributed by atoms with Crippen LogP contribution in [0.1, 0.15) is 34.3 Å². The molecule has 1 aliphatic rings. The van der Waals surface area contributed by atoms with Crippen LogP contribution in [0, 0.1) is 0 Å². The van der Waals surface area contributed by atoms with Crippen LogP contribution in [0.2, 0.25) is 0 Å². The molecule has 1 amide bonds. The molecule has 122 valence electrons. The van der Waals surface area contributed by atoms with Crippen LogP contribution < -0.4 is 5.32 Å². The number of aryl methyl sites for hydroxylation is 1. The third kappa shape index (κ3) is 3.75. The first kappa shape index (κ1) is 15.6. The number of nitrogens with zero attached hydrogens (tertiary/aromatic N) is 4. The van der Waals surface area contributed by atoms with E-state index >= 15 is 0 Å². The van der Waals surface area contributed by atoms with Crippen molar-refractivity contribution >= 4 is 5.91 Å². The van der Waals surface area contributed by atoms with Gasteiger partial charge in [-0.15, -0.1) is 0 Å². The molecule has 3 rings (SSSR count). The molecule has 0 saturated carbocycles. The molecule has 0 radical (unpaired) electrons. The molecule has 0 bridgehead atoms. The van der Waals surface area contributed by atoms with Crippen LogP contribution in [0.15, 0.2) is 30.6 Å². The summed E-state index contributed by atoms with van der Waals surface area (Å²) in [5.74, 6) is -0.267. The molecular weight excluding hydrogens is 294 g/mol. The van der Waals surface area contributed by atoms with Crippen LogP contribution in [0.3, 0.4) is 0 Å². The van der Waals surface area contributed by atoms with E-state index in [0.29, 0.717) is 11.3 Å². The van der Waals surface area contributed by atoms with Crippen molar-refractivity contribution in [1.82, 2.24) is 25.0 Å². The van der Waals surface area contributed by atoms with Gasteiger partial charge in [0.25, 0.3) is 5.91 Å². The number of pyridine rings is 1. The SMILES string of the molecule is CN1CCCn2nc(C(=O)NC[C@@H](O)c3cccnc3)cc2C1. The molecule has 0 spiro atoms. The zero-order valence-corrected chi connectivity index (χ0v) is 13.1. The molecule has 0 aliphatic carbocycles. The van der Waals surface area contributed by atoms with E-state index in [2.05, 4.69) is 27.3 Å². The highest BCUT2D eigenvalue weighted by Crippen LogP contribution is 2.13. The number of aliphatic hydroxyl groups is 1. The molecule has 1 aliphatic heterocycles. The van der Waals surface area contributed by atoms with Crippen LogP contribution in [-0.4, -0.2) is 50.8 Å². The molecule has 23 heavy (non-hydrogen) atoms. The fraction of sp³-hybridized carbons (Fsp3) is 0.438. The second-order valence-electron chi connectivity index (χ2n) is 5.85. The predicted octanol–water partition coefficient (Wildman–Crippen LogP) is 0.577. The summed E-state index contributed by atoms with van der Waals surface area (Å²) >= 11 is 0. The molecule has 0 unspecified atom stereocenters. The topological polar surface area (TPSA) is 83.3 Å². The molecule has 0 fully saturated rings. The first-order valence-electron chi connectivity index (χ1n) is 7.75. The van der Waals surface area contributed by atoms with Crippen LogP contribution in [0.5, 0.6) is 0 Å². The Morgan fingerprint density at radius 3 is 3.13 bits per heavy atom. The maximum absolute atomic E-state index is 12.2. The highest BCUT2D eigenvalue weighted by Gasteiger charge is 2.18. The number of amides is 1. The third-order valence-electron chi connectivity index (χ3n) is 3.96. The molecule has 3 heterocycles. The van der Waals surface area contributed by atoms with Crippen molar-refractivity contribution in [2.45, 2.75) is 25.6 Å². The highest BCUT2D eigenvalue weighted by molar-refractivity contribution is 5.92. The third-order valence-corrected chi connectivity index (χ3v) is 3.96. The number of fused-ring (bicyclic) bond motifs is 1. The minimum atomic E-state index is -0.778. The number of hydrogen-bond donors (Lipinski definition) is 2. The zero-order chi connectivity index (χ0) is 16.2. The van der Waals surface area contributed by atoms with E-state index in [1.807, 2.05) is 10.7 Å². The van der Waals surface area contributed by atoms with Crippen molar-refractivity contribution in [2.75, 3.05) is 20.1 Å². The Morgan fingerprint density at radius 1 is 1.48 bits per heavy atom. The Bertz CT molecular complexity index is 670. The summed E-state index contributed by atoms with van der Waals surface area (Å²) in [6.07, 6.45) is 3.47. The zero-order valence-electron chi connectivity index (χ0n) is 13.1. The Morgan fingerprint density at radius 2 is 2.35 bits per heavy atom. The Balaban J connectivity index is 1.62. The summed E-state index contributed by atoms with van der Waals surface area (Å²) in [7, 11) is 2.06. The fourth-order valence-electron chi connectivity index (χ4n) is 2.70. The molecule has 2 aromatic heterocycles. The lowest BCUT2D eigenvalue weighted by molar-refractivity contribution is 0.0910. The smallest absolute Gasteiger partial charge is 0.271 e. The van der Waals surface area contributed by atoms with E-state index in [-0.39, 0.29) is 12.5 Å². The molecule has 7 heteroatoms. The second kappa shape index (κ2) is 6.89. The van der Waals surface area contributed by atoms with Gasteiger partial charge in [0.2, 0.25) is 0 Å². The van der Waals surface area contributed by atoms with E-state index in [0.717, 1.165) is 31.7 Å². The van der Waals surface area contributed by atoms with Crippen molar-refractivity contribution in [3.05, 3.63) is 47.5 Å². The normalized spacial score (nSPS) is 16.4. The van der Waals surface area contributed by atoms with Gasteiger partial charge in [-0.2, -0.15) is 5.10 Å². The van der Waals surface area contributed by atoms with Crippen molar-refractivity contribution in [3.63, 3.8) is 0 Å². The summed E-state index contributed by atoms with van der Waals surface area (Å²) in [5.41, 5.74) is 2.12. The quantitative estimate of drug-likeness (QED) is 0.862. The first-order chi connectivity index (χ1) is 11.1. The van der Waals surface area contributed by atoms with Crippen molar-refractivity contribution in [1.29, 1.82) is 0 Å². The van der Waals surface area contributed by atoms with E-state index < -0.39 is 6.10 Å². The molecular formula is C16H21N5O2. The number of nitrogens with one attached hydrogen (secondary N) is 1. The van der Waals surface area contributed by atoms with Crippen LogP contribution in [-0.2, 0) is 13.1 Å². The summed E-state index contributed by atoms with van der Waals surface area (Å²) in [6.45, 7) is 2.78. The maximum Gasteiger partial charge on any atom is 0.271 e. The average Bonchev–Trinajstić information content (AvgIpc) is 2.87. The number of hydrogen-bond acceptors (Lipinski definition) is 5. The van der Waals surface area contributed by atoms with E-state index in [1.165, 1.54) is 0 Å². The summed E-state index contributed by atoms with van der Waals surface area (Å²) in [4.78, 5) is 18.4. The summed E-state index contributed by atoms with van der Waals surface area (Å²) < 4.78 is 1.90. The summed E-state index contributed by atoms with van der Waals surface area (Å²) in [5, 5.41) is 17.2. The fourth-order valence-corrected chi connectivity index (χ4v) is 2.70. The van der Waals surface area contributed by atoms with Gasteiger partial charge in [0.1, 0.15) is 5.69 Å². The van der Waals surface area contributed by atoms with Gasteiger partial charge in [-0.25, -0.2) is 0 Å². The van der Waals surface area contributed by atoms with Crippen LogP contribution >= 0.6 is 0 Å². The summed E-state index contributed by atoms with van der Waals surface area (Å²) in [6, 6.07) is 5.36. The second-order valence-corrected chi connectivity index (χ2v) is 5.85. The van der Waals surface area contributed by atoms with Gasteiger partial charge in [-0.05, 0) is 25.6 Å². The average molecular weight is 315 g/mol. The molecule has 7 nitrogen and oxygen atoms in total. The Labute approximate surface area is 134 Å². The van der Waals surface area contributed by atoms with E-state index in [1.54, 1.807) is 24.5 Å². The van der Waals surface area contributed by atoms with Gasteiger partial charge in [0.15, 0.2) is 0 Å². The van der Waals surface area contributed by atoms with E-state index in [9.17, 15) is 9.90 Å². The van der Waals surface area contributed by atoms with Gasteiger partial charge >= 0.3 is 0 Å². The number of rotatable bonds is 4. The lowest BCUT2D eigenvalue weighted by Gasteiger charge is -2.11. The van der Waals surface area contributed by atoms with Crippen molar-refractivity contribution in [2.24, 2.45) is 0 Å². The van der Waals surface area contributed by atoms with Gasteiger partial charge in [-0.3, -0.25) is 14.5 Å².